The van der Waals surface area contributed by atoms with Crippen LogP contribution in [0, 0.1) is 5.82 Å². The molecule has 4 nitrogen and oxygen atoms in total. The minimum atomic E-state index is -1.09. The Morgan fingerprint density at radius 3 is 2.71 bits per heavy atom. The highest BCUT2D eigenvalue weighted by Gasteiger charge is 2.05. The van der Waals surface area contributed by atoms with Crippen molar-refractivity contribution in [3.8, 4) is 0 Å². The van der Waals surface area contributed by atoms with E-state index in [0.29, 0.717) is 11.0 Å². The molecule has 70 valence electrons. The van der Waals surface area contributed by atoms with Crippen LogP contribution in [0.2, 0.25) is 0 Å². The molecule has 0 unspecified atom stereocenters. The van der Waals surface area contributed by atoms with Gasteiger partial charge in [0.2, 0.25) is 0 Å². The molecule has 0 amide bonds. The molecular weight excluding hydrogens is 187 g/mol. The zero-order valence-corrected chi connectivity index (χ0v) is 6.94. The molecule has 0 atom stereocenters. The number of nitrogens with zero attached hydrogens (tertiary/aromatic N) is 2. The van der Waals surface area contributed by atoms with Gasteiger partial charge in [-0.15, -0.1) is 0 Å². The fraction of sp³-hybridized carbons (Fsp3) is 0. The Morgan fingerprint density at radius 1 is 1.29 bits per heavy atom. The van der Waals surface area contributed by atoms with Gasteiger partial charge in [-0.2, -0.15) is 0 Å². The van der Waals surface area contributed by atoms with E-state index in [9.17, 15) is 9.18 Å². The van der Waals surface area contributed by atoms with Crippen LogP contribution in [0.25, 0.3) is 11.0 Å². The van der Waals surface area contributed by atoms with Crippen molar-refractivity contribution >= 4 is 17.0 Å². The highest BCUT2D eigenvalue weighted by molar-refractivity contribution is 5.91. The van der Waals surface area contributed by atoms with E-state index in [4.69, 9.17) is 5.11 Å². The lowest BCUT2D eigenvalue weighted by Gasteiger charge is -1.97. The van der Waals surface area contributed by atoms with Crippen molar-refractivity contribution in [2.24, 2.45) is 0 Å². The van der Waals surface area contributed by atoms with Crippen molar-refractivity contribution in [3.05, 3.63) is 35.9 Å². The number of rotatable bonds is 1. The molecular formula is C9H5FN2O2. The second-order valence-electron chi connectivity index (χ2n) is 2.73. The summed E-state index contributed by atoms with van der Waals surface area (Å²) in [4.78, 5) is 18.1. The van der Waals surface area contributed by atoms with Gasteiger partial charge in [-0.1, -0.05) is 0 Å². The van der Waals surface area contributed by atoms with Crippen molar-refractivity contribution in [1.29, 1.82) is 0 Å². The lowest BCUT2D eigenvalue weighted by Crippen LogP contribution is -1.97. The average molecular weight is 192 g/mol. The number of hydrogen-bond donors (Lipinski definition) is 1. The summed E-state index contributed by atoms with van der Waals surface area (Å²) in [5.74, 6) is -1.61. The topological polar surface area (TPSA) is 63.1 Å². The van der Waals surface area contributed by atoms with E-state index in [1.807, 2.05) is 0 Å². The number of aromatic nitrogens is 2. The molecule has 0 radical (unpaired) electrons. The predicted molar refractivity (Wildman–Crippen MR) is 46.5 cm³/mol. The maximum atomic E-state index is 12.7. The SMILES string of the molecule is O=C(O)c1cnc2ncc(F)cc2c1. The summed E-state index contributed by atoms with van der Waals surface area (Å²) in [5.41, 5.74) is 0.348. The van der Waals surface area contributed by atoms with Crippen LogP contribution in [0.5, 0.6) is 0 Å². The van der Waals surface area contributed by atoms with Crippen LogP contribution >= 0.6 is 0 Å². The van der Waals surface area contributed by atoms with Crippen molar-refractivity contribution < 1.29 is 14.3 Å². The summed E-state index contributed by atoms with van der Waals surface area (Å²) in [6.45, 7) is 0. The van der Waals surface area contributed by atoms with Crippen LogP contribution in [0.3, 0.4) is 0 Å². The normalized spacial score (nSPS) is 10.4. The molecule has 0 aliphatic carbocycles. The Kier molecular flexibility index (Phi) is 1.85. The number of pyridine rings is 2. The molecule has 0 fully saturated rings. The van der Waals surface area contributed by atoms with Gasteiger partial charge in [-0.3, -0.25) is 0 Å². The number of fused-ring (bicyclic) bond motifs is 1. The van der Waals surface area contributed by atoms with Crippen molar-refractivity contribution in [2.75, 3.05) is 0 Å². The fourth-order valence-corrected chi connectivity index (χ4v) is 1.11. The van der Waals surface area contributed by atoms with Crippen LogP contribution in [-0.4, -0.2) is 21.0 Å². The Hall–Kier alpha value is -2.04. The lowest BCUT2D eigenvalue weighted by molar-refractivity contribution is 0.0696. The number of hydrogen-bond acceptors (Lipinski definition) is 3. The van der Waals surface area contributed by atoms with Crippen LogP contribution < -0.4 is 0 Å². The maximum Gasteiger partial charge on any atom is 0.337 e. The zero-order chi connectivity index (χ0) is 10.1. The summed E-state index contributed by atoms with van der Waals surface area (Å²) in [7, 11) is 0. The van der Waals surface area contributed by atoms with Gasteiger partial charge in [0.1, 0.15) is 5.82 Å². The summed E-state index contributed by atoms with van der Waals surface area (Å²) in [6, 6.07) is 2.53. The van der Waals surface area contributed by atoms with Gasteiger partial charge in [0.05, 0.1) is 11.8 Å². The van der Waals surface area contributed by atoms with E-state index in [2.05, 4.69) is 9.97 Å². The third kappa shape index (κ3) is 1.39. The largest absolute Gasteiger partial charge is 0.478 e. The van der Waals surface area contributed by atoms with E-state index < -0.39 is 11.8 Å². The van der Waals surface area contributed by atoms with Gasteiger partial charge in [0.25, 0.3) is 0 Å². The van der Waals surface area contributed by atoms with E-state index in [1.165, 1.54) is 18.3 Å². The smallest absolute Gasteiger partial charge is 0.337 e. The first kappa shape index (κ1) is 8.55. The first-order valence-electron chi connectivity index (χ1n) is 3.81. The van der Waals surface area contributed by atoms with Gasteiger partial charge < -0.3 is 5.11 Å². The van der Waals surface area contributed by atoms with Crippen molar-refractivity contribution in [1.82, 2.24) is 9.97 Å². The minimum Gasteiger partial charge on any atom is -0.478 e. The first-order valence-corrected chi connectivity index (χ1v) is 3.81. The van der Waals surface area contributed by atoms with Crippen LogP contribution in [0.1, 0.15) is 10.4 Å². The summed E-state index contributed by atoms with van der Waals surface area (Å²) < 4.78 is 12.7. The fourth-order valence-electron chi connectivity index (χ4n) is 1.11. The molecule has 0 aliphatic rings. The molecule has 0 aromatic carbocycles. The molecule has 0 bridgehead atoms. The molecule has 2 aromatic rings. The molecule has 2 aromatic heterocycles. The molecule has 0 saturated carbocycles. The van der Waals surface area contributed by atoms with Crippen LogP contribution in [0.4, 0.5) is 4.39 Å². The number of aromatic carboxylic acids is 1. The Balaban J connectivity index is 2.69. The third-order valence-electron chi connectivity index (χ3n) is 1.75. The minimum absolute atomic E-state index is 0.0184. The second kappa shape index (κ2) is 3.02. The van der Waals surface area contributed by atoms with Gasteiger partial charge >= 0.3 is 5.97 Å². The van der Waals surface area contributed by atoms with E-state index in [-0.39, 0.29) is 5.56 Å². The molecule has 2 heterocycles. The van der Waals surface area contributed by atoms with Gasteiger partial charge in [0.15, 0.2) is 5.65 Å². The predicted octanol–water partition coefficient (Wildman–Crippen LogP) is 1.47. The number of carbonyl (C=O) groups is 1. The standard InChI is InChI=1S/C9H5FN2O2/c10-7-2-5-1-6(9(13)14)3-11-8(5)12-4-7/h1-4H,(H,13,14). The molecule has 0 spiro atoms. The zero-order valence-electron chi connectivity index (χ0n) is 6.94. The number of halogens is 1. The molecule has 0 aliphatic heterocycles. The highest BCUT2D eigenvalue weighted by Crippen LogP contribution is 2.12. The summed E-state index contributed by atoms with van der Waals surface area (Å²) in [6.07, 6.45) is 2.23. The molecule has 0 saturated heterocycles. The van der Waals surface area contributed by atoms with Gasteiger partial charge in [-0.05, 0) is 12.1 Å². The average Bonchev–Trinajstić information content (AvgIpc) is 2.16. The Labute approximate surface area is 78.0 Å². The number of carboxylic acids is 1. The molecule has 5 heteroatoms. The second-order valence-corrected chi connectivity index (χ2v) is 2.73. The van der Waals surface area contributed by atoms with Crippen molar-refractivity contribution in [3.63, 3.8) is 0 Å². The first-order chi connectivity index (χ1) is 6.66. The molecule has 2 rings (SSSR count). The van der Waals surface area contributed by atoms with E-state index in [1.54, 1.807) is 0 Å². The highest BCUT2D eigenvalue weighted by atomic mass is 19.1. The quantitative estimate of drug-likeness (QED) is 0.743. The molecule has 14 heavy (non-hydrogen) atoms. The Morgan fingerprint density at radius 2 is 2.00 bits per heavy atom. The lowest BCUT2D eigenvalue weighted by atomic mass is 10.2. The maximum absolute atomic E-state index is 12.7. The Bertz CT molecular complexity index is 513. The van der Waals surface area contributed by atoms with Crippen LogP contribution in [-0.2, 0) is 0 Å². The van der Waals surface area contributed by atoms with E-state index in [0.717, 1.165) is 6.20 Å². The van der Waals surface area contributed by atoms with Crippen LogP contribution in [0.15, 0.2) is 24.5 Å². The summed E-state index contributed by atoms with van der Waals surface area (Å²) >= 11 is 0. The monoisotopic (exact) mass is 192 g/mol. The molecule has 1 N–H and O–H groups in total. The third-order valence-corrected chi connectivity index (χ3v) is 1.75. The van der Waals surface area contributed by atoms with E-state index >= 15 is 0 Å². The van der Waals surface area contributed by atoms with Gasteiger partial charge in [0, 0.05) is 11.6 Å². The van der Waals surface area contributed by atoms with Gasteiger partial charge in [-0.25, -0.2) is 19.2 Å². The number of carboxylic acid groups (broad SMARTS) is 1. The van der Waals surface area contributed by atoms with Crippen molar-refractivity contribution in [2.45, 2.75) is 0 Å². The summed E-state index contributed by atoms with van der Waals surface area (Å²) in [5, 5.41) is 9.04.